The number of nitrogens with one attached hydrogen (secondary N) is 2. The summed E-state index contributed by atoms with van der Waals surface area (Å²) in [6, 6.07) is 5.36. The predicted octanol–water partition coefficient (Wildman–Crippen LogP) is 1.85. The van der Waals surface area contributed by atoms with Gasteiger partial charge in [-0.2, -0.15) is 15.4 Å². The maximum absolute atomic E-state index is 12.6. The molecule has 0 bridgehead atoms. The van der Waals surface area contributed by atoms with Crippen molar-refractivity contribution < 1.29 is 9.53 Å². The molecule has 2 unspecified atom stereocenters. The number of hydrogen-bond donors (Lipinski definition) is 3. The molecule has 0 aliphatic heterocycles. The number of fused-ring (bicyclic) bond motifs is 1. The van der Waals surface area contributed by atoms with E-state index in [4.69, 9.17) is 10.5 Å². The summed E-state index contributed by atoms with van der Waals surface area (Å²) >= 11 is 0. The van der Waals surface area contributed by atoms with Gasteiger partial charge in [-0.3, -0.25) is 4.79 Å². The average Bonchev–Trinajstić information content (AvgIpc) is 2.94. The van der Waals surface area contributed by atoms with Gasteiger partial charge in [0.1, 0.15) is 16.6 Å². The van der Waals surface area contributed by atoms with E-state index in [1.165, 1.54) is 0 Å². The first-order valence-corrected chi connectivity index (χ1v) is 7.41. The fourth-order valence-corrected chi connectivity index (χ4v) is 2.98. The number of rotatable bonds is 4. The Morgan fingerprint density at radius 2 is 2.13 bits per heavy atom. The summed E-state index contributed by atoms with van der Waals surface area (Å²) in [5.74, 6) is -0.198. The lowest BCUT2D eigenvalue weighted by Gasteiger charge is -2.57. The molecule has 1 aliphatic carbocycles. The molecule has 1 aliphatic rings. The third-order valence-corrected chi connectivity index (χ3v) is 4.81. The van der Waals surface area contributed by atoms with Crippen LogP contribution in [-0.4, -0.2) is 39.6 Å². The monoisotopic (exact) mass is 339 g/mol. The van der Waals surface area contributed by atoms with Crippen LogP contribution in [-0.2, 0) is 9.53 Å². The van der Waals surface area contributed by atoms with Crippen molar-refractivity contribution in [2.45, 2.75) is 38.8 Å². The van der Waals surface area contributed by atoms with Crippen molar-refractivity contribution in [3.05, 3.63) is 18.2 Å². The van der Waals surface area contributed by atoms with Gasteiger partial charge in [-0.05, 0) is 25.1 Å². The molecule has 1 saturated carbocycles. The van der Waals surface area contributed by atoms with E-state index in [-0.39, 0.29) is 24.4 Å². The summed E-state index contributed by atoms with van der Waals surface area (Å²) in [6.07, 6.45) is 0.526. The number of amides is 1. The van der Waals surface area contributed by atoms with E-state index in [0.29, 0.717) is 24.2 Å². The Hall–Kier alpha value is -1.70. The second-order valence-electron chi connectivity index (χ2n) is 6.32. The Bertz CT molecular complexity index is 717. The van der Waals surface area contributed by atoms with Crippen molar-refractivity contribution in [1.82, 2.24) is 15.4 Å². The first-order valence-electron chi connectivity index (χ1n) is 7.41. The minimum atomic E-state index is -0.939. The van der Waals surface area contributed by atoms with Crippen LogP contribution in [0.2, 0.25) is 0 Å². The van der Waals surface area contributed by atoms with Crippen molar-refractivity contribution in [1.29, 1.82) is 0 Å². The number of H-pyrrole nitrogens is 1. The normalized spacial score (nSPS) is 25.5. The van der Waals surface area contributed by atoms with Crippen molar-refractivity contribution in [2.24, 2.45) is 11.1 Å². The largest absolute Gasteiger partial charge is 0.378 e. The van der Waals surface area contributed by atoms with E-state index in [9.17, 15) is 4.79 Å². The van der Waals surface area contributed by atoms with E-state index >= 15 is 0 Å². The van der Waals surface area contributed by atoms with E-state index in [2.05, 4.69) is 20.7 Å². The highest BCUT2D eigenvalue weighted by atomic mass is 35.5. The van der Waals surface area contributed by atoms with Crippen LogP contribution in [0.25, 0.3) is 11.0 Å². The lowest BCUT2D eigenvalue weighted by molar-refractivity contribution is -0.166. The van der Waals surface area contributed by atoms with Crippen LogP contribution >= 0.6 is 12.4 Å². The fourth-order valence-electron chi connectivity index (χ4n) is 2.98. The highest BCUT2D eigenvalue weighted by Crippen LogP contribution is 2.50. The van der Waals surface area contributed by atoms with E-state index in [1.807, 2.05) is 20.8 Å². The van der Waals surface area contributed by atoms with E-state index < -0.39 is 11.0 Å². The minimum Gasteiger partial charge on any atom is -0.378 e. The van der Waals surface area contributed by atoms with Crippen LogP contribution in [0.4, 0.5) is 5.69 Å². The molecule has 1 fully saturated rings. The van der Waals surface area contributed by atoms with Crippen LogP contribution in [0.1, 0.15) is 27.2 Å². The fraction of sp³-hybridized carbons (Fsp3) is 0.533. The topological polar surface area (TPSA) is 106 Å². The van der Waals surface area contributed by atoms with Gasteiger partial charge >= 0.3 is 0 Å². The van der Waals surface area contributed by atoms with Gasteiger partial charge in [-0.15, -0.1) is 12.4 Å². The number of ether oxygens (including phenoxy) is 1. The van der Waals surface area contributed by atoms with Crippen molar-refractivity contribution >= 4 is 35.0 Å². The summed E-state index contributed by atoms with van der Waals surface area (Å²) in [4.78, 5) is 12.6. The van der Waals surface area contributed by atoms with Crippen molar-refractivity contribution in [3.8, 4) is 0 Å². The molecule has 1 aromatic heterocycles. The predicted molar refractivity (Wildman–Crippen MR) is 90.5 cm³/mol. The molecule has 4 N–H and O–H groups in total. The number of carbonyl (C=O) groups is 1. The van der Waals surface area contributed by atoms with Crippen LogP contribution in [0.5, 0.6) is 0 Å². The number of hydrogen-bond acceptors (Lipinski definition) is 5. The molecular weight excluding hydrogens is 318 g/mol. The molecular formula is C15H22ClN5O2. The Labute approximate surface area is 140 Å². The van der Waals surface area contributed by atoms with Crippen LogP contribution < -0.4 is 11.1 Å². The molecule has 23 heavy (non-hydrogen) atoms. The van der Waals surface area contributed by atoms with Crippen molar-refractivity contribution in [2.75, 3.05) is 11.9 Å². The second-order valence-corrected chi connectivity index (χ2v) is 6.32. The number of anilines is 1. The van der Waals surface area contributed by atoms with Gasteiger partial charge in [0.25, 0.3) is 0 Å². The Morgan fingerprint density at radius 3 is 2.78 bits per heavy atom. The van der Waals surface area contributed by atoms with Gasteiger partial charge < -0.3 is 15.8 Å². The third-order valence-electron chi connectivity index (χ3n) is 4.81. The van der Waals surface area contributed by atoms with Gasteiger partial charge in [0, 0.05) is 24.1 Å². The summed E-state index contributed by atoms with van der Waals surface area (Å²) in [5.41, 5.74) is 7.12. The molecule has 3 rings (SSSR count). The zero-order chi connectivity index (χ0) is 16.0. The Balaban J connectivity index is 0.00000192. The lowest BCUT2D eigenvalue weighted by Crippen LogP contribution is -2.74. The van der Waals surface area contributed by atoms with Gasteiger partial charge in [0.05, 0.1) is 6.10 Å². The molecule has 2 atom stereocenters. The lowest BCUT2D eigenvalue weighted by atomic mass is 9.54. The van der Waals surface area contributed by atoms with Crippen LogP contribution in [0.15, 0.2) is 18.2 Å². The Kier molecular flexibility index (Phi) is 4.66. The van der Waals surface area contributed by atoms with Gasteiger partial charge in [0.2, 0.25) is 5.91 Å². The number of carbonyl (C=O) groups excluding carboxylic acids is 1. The highest BCUT2D eigenvalue weighted by Gasteiger charge is 2.62. The second kappa shape index (κ2) is 6.07. The SMILES string of the molecule is CCOC1CC(N)(C(=O)Nc2ccc3n[nH]nc3c2)C1(C)C.Cl. The first-order chi connectivity index (χ1) is 10.4. The van der Waals surface area contributed by atoms with Gasteiger partial charge in [-0.1, -0.05) is 13.8 Å². The smallest absolute Gasteiger partial charge is 0.245 e. The molecule has 1 heterocycles. The molecule has 7 nitrogen and oxygen atoms in total. The van der Waals surface area contributed by atoms with E-state index in [0.717, 1.165) is 5.52 Å². The summed E-state index contributed by atoms with van der Waals surface area (Å²) in [6.45, 7) is 6.50. The molecule has 126 valence electrons. The van der Waals surface area contributed by atoms with Crippen molar-refractivity contribution in [3.63, 3.8) is 0 Å². The first kappa shape index (κ1) is 17.7. The molecule has 0 radical (unpaired) electrons. The number of halogens is 1. The average molecular weight is 340 g/mol. The summed E-state index contributed by atoms with van der Waals surface area (Å²) < 4.78 is 5.65. The quantitative estimate of drug-likeness (QED) is 0.788. The van der Waals surface area contributed by atoms with Gasteiger partial charge in [0.15, 0.2) is 0 Å². The molecule has 0 saturated heterocycles. The number of benzene rings is 1. The molecule has 2 aromatic rings. The molecule has 1 aromatic carbocycles. The van der Waals surface area contributed by atoms with Crippen LogP contribution in [0.3, 0.4) is 0 Å². The summed E-state index contributed by atoms with van der Waals surface area (Å²) in [7, 11) is 0. The zero-order valence-corrected chi connectivity index (χ0v) is 14.2. The molecule has 8 heteroatoms. The minimum absolute atomic E-state index is 0. The van der Waals surface area contributed by atoms with E-state index in [1.54, 1.807) is 18.2 Å². The number of aromatic nitrogens is 3. The van der Waals surface area contributed by atoms with Crippen LogP contribution in [0, 0.1) is 5.41 Å². The number of aromatic amines is 1. The maximum atomic E-state index is 12.6. The number of nitrogens with two attached hydrogens (primary N) is 1. The molecule has 0 spiro atoms. The van der Waals surface area contributed by atoms with Gasteiger partial charge in [-0.25, -0.2) is 0 Å². The molecule has 1 amide bonds. The standard InChI is InChI=1S/C15H21N5O2.ClH/c1-4-22-12-8-15(16,14(12,2)3)13(21)17-9-5-6-10-11(7-9)19-20-18-10;/h5-7,12H,4,8,16H2,1-3H3,(H,17,21)(H,18,19,20);1H. The third kappa shape index (κ3) is 2.69. The maximum Gasteiger partial charge on any atom is 0.245 e. The summed E-state index contributed by atoms with van der Waals surface area (Å²) in [5, 5.41) is 13.4. The highest BCUT2D eigenvalue weighted by molar-refractivity contribution is 6.00. The zero-order valence-electron chi connectivity index (χ0n) is 13.4. The number of nitrogens with zero attached hydrogens (tertiary/aromatic N) is 2. The Morgan fingerprint density at radius 1 is 1.43 bits per heavy atom.